The van der Waals surface area contributed by atoms with Gasteiger partial charge in [-0.15, -0.1) is 0 Å². The third-order valence-corrected chi connectivity index (χ3v) is 2.74. The molecular formula is C12H10BrNO2. The van der Waals surface area contributed by atoms with Crippen LogP contribution in [-0.4, -0.2) is 10.9 Å². The van der Waals surface area contributed by atoms with Gasteiger partial charge in [-0.1, -0.05) is 33.2 Å². The Balaban J connectivity index is 2.14. The SMILES string of the molecule is CC(=O)c1cc(Cc2ccc(Br)cc2)on1. The molecule has 82 valence electrons. The summed E-state index contributed by atoms with van der Waals surface area (Å²) in [5.41, 5.74) is 1.50. The van der Waals surface area contributed by atoms with Crippen molar-refractivity contribution in [1.29, 1.82) is 0 Å². The summed E-state index contributed by atoms with van der Waals surface area (Å²) in [7, 11) is 0. The second-order valence-electron chi connectivity index (χ2n) is 3.54. The van der Waals surface area contributed by atoms with Gasteiger partial charge in [0.15, 0.2) is 5.78 Å². The number of hydrogen-bond acceptors (Lipinski definition) is 3. The van der Waals surface area contributed by atoms with Crippen LogP contribution in [0.4, 0.5) is 0 Å². The Morgan fingerprint density at radius 3 is 2.62 bits per heavy atom. The van der Waals surface area contributed by atoms with E-state index in [4.69, 9.17) is 4.52 Å². The summed E-state index contributed by atoms with van der Waals surface area (Å²) >= 11 is 3.37. The molecule has 2 rings (SSSR count). The summed E-state index contributed by atoms with van der Waals surface area (Å²) in [6.45, 7) is 1.47. The Bertz CT molecular complexity index is 502. The first-order chi connectivity index (χ1) is 7.65. The van der Waals surface area contributed by atoms with Gasteiger partial charge < -0.3 is 4.52 Å². The molecule has 3 nitrogen and oxygen atoms in total. The fourth-order valence-electron chi connectivity index (χ4n) is 1.37. The molecule has 1 aromatic heterocycles. The van der Waals surface area contributed by atoms with Gasteiger partial charge in [-0.25, -0.2) is 0 Å². The summed E-state index contributed by atoms with van der Waals surface area (Å²) in [6.07, 6.45) is 0.646. The van der Waals surface area contributed by atoms with E-state index in [0.29, 0.717) is 17.9 Å². The van der Waals surface area contributed by atoms with Crippen LogP contribution in [0.5, 0.6) is 0 Å². The molecule has 1 heterocycles. The van der Waals surface area contributed by atoms with E-state index in [1.165, 1.54) is 6.92 Å². The first kappa shape index (κ1) is 11.1. The van der Waals surface area contributed by atoms with Gasteiger partial charge in [0.1, 0.15) is 11.5 Å². The van der Waals surface area contributed by atoms with Crippen molar-refractivity contribution in [3.63, 3.8) is 0 Å². The third-order valence-electron chi connectivity index (χ3n) is 2.21. The number of Topliss-reactive ketones (excluding diaryl/α,β-unsaturated/α-hetero) is 1. The number of carbonyl (C=O) groups excluding carboxylic acids is 1. The lowest BCUT2D eigenvalue weighted by atomic mass is 10.1. The monoisotopic (exact) mass is 279 g/mol. The molecule has 0 aliphatic heterocycles. The normalized spacial score (nSPS) is 10.4. The van der Waals surface area contributed by atoms with Gasteiger partial charge in [-0.05, 0) is 17.7 Å². The van der Waals surface area contributed by atoms with Crippen LogP contribution < -0.4 is 0 Å². The summed E-state index contributed by atoms with van der Waals surface area (Å²) in [6, 6.07) is 9.62. The first-order valence-electron chi connectivity index (χ1n) is 4.86. The van der Waals surface area contributed by atoms with E-state index in [1.54, 1.807) is 6.07 Å². The van der Waals surface area contributed by atoms with E-state index in [-0.39, 0.29) is 5.78 Å². The number of hydrogen-bond donors (Lipinski definition) is 0. The van der Waals surface area contributed by atoms with Crippen LogP contribution in [0, 0.1) is 0 Å². The third kappa shape index (κ3) is 2.58. The molecule has 2 aromatic rings. The maximum absolute atomic E-state index is 11.0. The molecule has 0 aliphatic carbocycles. The number of ketones is 1. The van der Waals surface area contributed by atoms with Crippen molar-refractivity contribution in [1.82, 2.24) is 5.16 Å². The average Bonchev–Trinajstić information content (AvgIpc) is 2.70. The molecule has 0 saturated carbocycles. The van der Waals surface area contributed by atoms with E-state index < -0.39 is 0 Å². The summed E-state index contributed by atoms with van der Waals surface area (Å²) in [5, 5.41) is 3.70. The molecule has 0 atom stereocenters. The fraction of sp³-hybridized carbons (Fsp3) is 0.167. The predicted octanol–water partition coefficient (Wildman–Crippen LogP) is 3.23. The summed E-state index contributed by atoms with van der Waals surface area (Å²) in [5.74, 6) is 0.623. The molecule has 0 unspecified atom stereocenters. The maximum atomic E-state index is 11.0. The van der Waals surface area contributed by atoms with Crippen LogP contribution in [0.25, 0.3) is 0 Å². The standard InChI is InChI=1S/C12H10BrNO2/c1-8(15)12-7-11(16-14-12)6-9-2-4-10(13)5-3-9/h2-5,7H,6H2,1H3. The second kappa shape index (κ2) is 4.61. The Labute approximate surface area is 102 Å². The van der Waals surface area contributed by atoms with Gasteiger partial charge in [0.05, 0.1) is 0 Å². The molecule has 0 amide bonds. The van der Waals surface area contributed by atoms with Crippen LogP contribution in [0.15, 0.2) is 39.3 Å². The van der Waals surface area contributed by atoms with Crippen LogP contribution in [0.1, 0.15) is 28.7 Å². The smallest absolute Gasteiger partial charge is 0.181 e. The summed E-state index contributed by atoms with van der Waals surface area (Å²) < 4.78 is 6.12. The van der Waals surface area contributed by atoms with Gasteiger partial charge >= 0.3 is 0 Å². The Morgan fingerprint density at radius 2 is 2.06 bits per heavy atom. The van der Waals surface area contributed by atoms with E-state index >= 15 is 0 Å². The van der Waals surface area contributed by atoms with E-state index in [0.717, 1.165) is 10.0 Å². The number of carbonyl (C=O) groups is 1. The highest BCUT2D eigenvalue weighted by atomic mass is 79.9. The number of aromatic nitrogens is 1. The van der Waals surface area contributed by atoms with Crippen molar-refractivity contribution < 1.29 is 9.32 Å². The van der Waals surface area contributed by atoms with Crippen LogP contribution >= 0.6 is 15.9 Å². The number of rotatable bonds is 3. The minimum atomic E-state index is -0.0780. The van der Waals surface area contributed by atoms with E-state index in [2.05, 4.69) is 21.1 Å². The van der Waals surface area contributed by atoms with Gasteiger partial charge in [0.2, 0.25) is 0 Å². The first-order valence-corrected chi connectivity index (χ1v) is 5.65. The lowest BCUT2D eigenvalue weighted by Crippen LogP contribution is -1.90. The molecule has 0 radical (unpaired) electrons. The highest BCUT2D eigenvalue weighted by molar-refractivity contribution is 9.10. The molecule has 16 heavy (non-hydrogen) atoms. The number of nitrogens with zero attached hydrogens (tertiary/aromatic N) is 1. The Morgan fingerprint density at radius 1 is 1.38 bits per heavy atom. The Kier molecular flexibility index (Phi) is 3.19. The Hall–Kier alpha value is -1.42. The summed E-state index contributed by atoms with van der Waals surface area (Å²) in [4.78, 5) is 11.0. The van der Waals surface area contributed by atoms with Gasteiger partial charge in [0, 0.05) is 23.9 Å². The highest BCUT2D eigenvalue weighted by Crippen LogP contribution is 2.14. The van der Waals surface area contributed by atoms with Crippen molar-refractivity contribution in [2.45, 2.75) is 13.3 Å². The zero-order valence-corrected chi connectivity index (χ0v) is 10.3. The van der Waals surface area contributed by atoms with Crippen molar-refractivity contribution in [3.8, 4) is 0 Å². The largest absolute Gasteiger partial charge is 0.360 e. The number of halogens is 1. The van der Waals surface area contributed by atoms with E-state index in [9.17, 15) is 4.79 Å². The van der Waals surface area contributed by atoms with Crippen LogP contribution in [0.2, 0.25) is 0 Å². The van der Waals surface area contributed by atoms with Gasteiger partial charge in [0.25, 0.3) is 0 Å². The van der Waals surface area contributed by atoms with Crippen molar-refractivity contribution in [3.05, 3.63) is 51.8 Å². The average molecular weight is 280 g/mol. The highest BCUT2D eigenvalue weighted by Gasteiger charge is 2.08. The molecular weight excluding hydrogens is 270 g/mol. The quantitative estimate of drug-likeness (QED) is 0.811. The minimum absolute atomic E-state index is 0.0780. The van der Waals surface area contributed by atoms with Crippen molar-refractivity contribution in [2.24, 2.45) is 0 Å². The fourth-order valence-corrected chi connectivity index (χ4v) is 1.63. The molecule has 0 saturated heterocycles. The predicted molar refractivity (Wildman–Crippen MR) is 63.5 cm³/mol. The molecule has 0 fully saturated rings. The number of benzene rings is 1. The maximum Gasteiger partial charge on any atom is 0.181 e. The zero-order valence-electron chi connectivity index (χ0n) is 8.74. The molecule has 1 aromatic carbocycles. The lowest BCUT2D eigenvalue weighted by molar-refractivity contribution is 0.100. The molecule has 0 aliphatic rings. The van der Waals surface area contributed by atoms with Crippen molar-refractivity contribution >= 4 is 21.7 Å². The van der Waals surface area contributed by atoms with E-state index in [1.807, 2.05) is 24.3 Å². The molecule has 0 bridgehead atoms. The topological polar surface area (TPSA) is 43.1 Å². The van der Waals surface area contributed by atoms with Crippen molar-refractivity contribution in [2.75, 3.05) is 0 Å². The molecule has 0 N–H and O–H groups in total. The van der Waals surface area contributed by atoms with Crippen LogP contribution in [-0.2, 0) is 6.42 Å². The lowest BCUT2D eigenvalue weighted by Gasteiger charge is -1.96. The second-order valence-corrected chi connectivity index (χ2v) is 4.45. The van der Waals surface area contributed by atoms with Crippen LogP contribution in [0.3, 0.4) is 0 Å². The van der Waals surface area contributed by atoms with Gasteiger partial charge in [-0.2, -0.15) is 0 Å². The molecule has 0 spiro atoms. The van der Waals surface area contributed by atoms with Gasteiger partial charge in [-0.3, -0.25) is 4.79 Å². The molecule has 4 heteroatoms. The zero-order chi connectivity index (χ0) is 11.5. The minimum Gasteiger partial charge on any atom is -0.360 e.